The minimum atomic E-state index is -0.843. The van der Waals surface area contributed by atoms with Gasteiger partial charge in [0.2, 0.25) is 0 Å². The van der Waals surface area contributed by atoms with Gasteiger partial charge in [0.05, 0.1) is 11.6 Å². The zero-order valence-corrected chi connectivity index (χ0v) is 15.0. The molecule has 1 saturated heterocycles. The monoisotopic (exact) mass is 359 g/mol. The Labute approximate surface area is 150 Å². The standard InChI is InChI=1S/C18H21N3O3S/c1-11-8-14(17(22)23)10-21(9-11)18(24)20-15-12(2)19-16(25-15)13-6-4-3-5-7-13/h3-7,11,14H,8-10H2,1-2H3,(H,20,24)(H,22,23). The van der Waals surface area contributed by atoms with Gasteiger partial charge >= 0.3 is 12.0 Å². The number of aromatic nitrogens is 1. The van der Waals surface area contributed by atoms with Crippen molar-refractivity contribution in [1.29, 1.82) is 0 Å². The number of carbonyl (C=O) groups is 2. The summed E-state index contributed by atoms with van der Waals surface area (Å²) in [7, 11) is 0. The smallest absolute Gasteiger partial charge is 0.322 e. The van der Waals surface area contributed by atoms with E-state index in [9.17, 15) is 14.7 Å². The Bertz CT molecular complexity index is 775. The van der Waals surface area contributed by atoms with Crippen molar-refractivity contribution in [1.82, 2.24) is 9.88 Å². The predicted molar refractivity (Wildman–Crippen MR) is 97.8 cm³/mol. The van der Waals surface area contributed by atoms with E-state index >= 15 is 0 Å². The molecule has 2 heterocycles. The summed E-state index contributed by atoms with van der Waals surface area (Å²) in [6.07, 6.45) is 0.608. The summed E-state index contributed by atoms with van der Waals surface area (Å²) in [6, 6.07) is 9.55. The quantitative estimate of drug-likeness (QED) is 0.875. The van der Waals surface area contributed by atoms with Gasteiger partial charge in [0.15, 0.2) is 0 Å². The number of nitrogens with zero attached hydrogens (tertiary/aromatic N) is 2. The number of thiazole rings is 1. The molecule has 6 nitrogen and oxygen atoms in total. The van der Waals surface area contributed by atoms with E-state index in [2.05, 4.69) is 10.3 Å². The van der Waals surface area contributed by atoms with E-state index in [1.165, 1.54) is 11.3 Å². The van der Waals surface area contributed by atoms with Crippen LogP contribution in [0.3, 0.4) is 0 Å². The van der Waals surface area contributed by atoms with Crippen LogP contribution in [0.2, 0.25) is 0 Å². The highest BCUT2D eigenvalue weighted by atomic mass is 32.1. The first-order chi connectivity index (χ1) is 11.9. The van der Waals surface area contributed by atoms with Gasteiger partial charge in [-0.15, -0.1) is 0 Å². The predicted octanol–water partition coefficient (Wildman–Crippen LogP) is 3.69. The number of carboxylic acids is 1. The van der Waals surface area contributed by atoms with Gasteiger partial charge in [-0.1, -0.05) is 48.6 Å². The molecule has 7 heteroatoms. The molecule has 1 fully saturated rings. The van der Waals surface area contributed by atoms with E-state index in [1.807, 2.05) is 44.2 Å². The minimum absolute atomic E-state index is 0.169. The number of hydrogen-bond acceptors (Lipinski definition) is 4. The number of benzene rings is 1. The third kappa shape index (κ3) is 3.99. The lowest BCUT2D eigenvalue weighted by molar-refractivity contribution is -0.143. The van der Waals surface area contributed by atoms with Crippen LogP contribution in [0.25, 0.3) is 10.6 Å². The molecule has 25 heavy (non-hydrogen) atoms. The number of piperidine rings is 1. The fourth-order valence-corrected chi connectivity index (χ4v) is 4.05. The Balaban J connectivity index is 1.73. The van der Waals surface area contributed by atoms with Crippen LogP contribution in [0.1, 0.15) is 19.0 Å². The Hall–Kier alpha value is -2.41. The molecular weight excluding hydrogens is 338 g/mol. The van der Waals surface area contributed by atoms with Crippen molar-refractivity contribution >= 4 is 28.3 Å². The van der Waals surface area contributed by atoms with E-state index in [-0.39, 0.29) is 18.5 Å². The summed E-state index contributed by atoms with van der Waals surface area (Å²) in [5.74, 6) is -1.18. The highest BCUT2D eigenvalue weighted by molar-refractivity contribution is 7.19. The summed E-state index contributed by atoms with van der Waals surface area (Å²) in [6.45, 7) is 4.65. The molecule has 2 N–H and O–H groups in total. The largest absolute Gasteiger partial charge is 0.481 e. The number of nitrogens with one attached hydrogen (secondary N) is 1. The third-order valence-electron chi connectivity index (χ3n) is 4.33. The molecule has 1 aliphatic rings. The first kappa shape index (κ1) is 17.4. The van der Waals surface area contributed by atoms with Crippen molar-refractivity contribution in [2.24, 2.45) is 11.8 Å². The minimum Gasteiger partial charge on any atom is -0.481 e. The molecule has 0 bridgehead atoms. The number of amides is 2. The number of anilines is 1. The summed E-state index contributed by atoms with van der Waals surface area (Å²) < 4.78 is 0. The van der Waals surface area contributed by atoms with Crippen molar-refractivity contribution in [3.63, 3.8) is 0 Å². The van der Waals surface area contributed by atoms with Gasteiger partial charge in [0, 0.05) is 18.7 Å². The molecule has 1 aliphatic heterocycles. The number of urea groups is 1. The van der Waals surface area contributed by atoms with Crippen LogP contribution in [0.5, 0.6) is 0 Å². The maximum Gasteiger partial charge on any atom is 0.322 e. The second kappa shape index (κ2) is 7.23. The van der Waals surface area contributed by atoms with Crippen LogP contribution in [-0.2, 0) is 4.79 Å². The molecule has 0 aliphatic carbocycles. The molecule has 0 spiro atoms. The van der Waals surface area contributed by atoms with Crippen LogP contribution >= 0.6 is 11.3 Å². The number of carbonyl (C=O) groups excluding carboxylic acids is 1. The van der Waals surface area contributed by atoms with Crippen LogP contribution in [0.4, 0.5) is 9.80 Å². The number of hydrogen-bond donors (Lipinski definition) is 2. The zero-order valence-electron chi connectivity index (χ0n) is 14.2. The average Bonchev–Trinajstić information content (AvgIpc) is 2.96. The zero-order chi connectivity index (χ0) is 18.0. The van der Waals surface area contributed by atoms with Gasteiger partial charge in [-0.3, -0.25) is 10.1 Å². The highest BCUT2D eigenvalue weighted by Crippen LogP contribution is 2.32. The first-order valence-corrected chi connectivity index (χ1v) is 9.07. The van der Waals surface area contributed by atoms with Crippen LogP contribution < -0.4 is 5.32 Å². The van der Waals surface area contributed by atoms with Crippen molar-refractivity contribution in [3.8, 4) is 10.6 Å². The molecule has 1 aromatic heterocycles. The summed E-state index contributed by atoms with van der Waals surface area (Å²) in [5.41, 5.74) is 1.77. The lowest BCUT2D eigenvalue weighted by Crippen LogP contribution is -2.47. The normalized spacial score (nSPS) is 20.3. The van der Waals surface area contributed by atoms with E-state index in [0.29, 0.717) is 18.0 Å². The van der Waals surface area contributed by atoms with E-state index in [0.717, 1.165) is 16.3 Å². The Morgan fingerprint density at radius 2 is 2.00 bits per heavy atom. The summed E-state index contributed by atoms with van der Waals surface area (Å²) >= 11 is 1.43. The molecule has 3 rings (SSSR count). The van der Waals surface area contributed by atoms with E-state index < -0.39 is 11.9 Å². The topological polar surface area (TPSA) is 82.5 Å². The number of carboxylic acid groups (broad SMARTS) is 1. The SMILES string of the molecule is Cc1nc(-c2ccccc2)sc1NC(=O)N1CC(C)CC(C(=O)O)C1. The van der Waals surface area contributed by atoms with Gasteiger partial charge in [0.25, 0.3) is 0 Å². The maximum absolute atomic E-state index is 12.6. The van der Waals surface area contributed by atoms with Gasteiger partial charge in [-0.25, -0.2) is 9.78 Å². The molecule has 0 radical (unpaired) electrons. The highest BCUT2D eigenvalue weighted by Gasteiger charge is 2.32. The summed E-state index contributed by atoms with van der Waals surface area (Å²) in [4.78, 5) is 30.0. The number of rotatable bonds is 3. The molecule has 0 saturated carbocycles. The fourth-order valence-electron chi connectivity index (χ4n) is 3.09. The third-order valence-corrected chi connectivity index (χ3v) is 5.46. The molecular formula is C18H21N3O3S. The number of aryl methyl sites for hydroxylation is 1. The van der Waals surface area contributed by atoms with Crippen LogP contribution in [0, 0.1) is 18.8 Å². The van der Waals surface area contributed by atoms with Crippen LogP contribution in [0.15, 0.2) is 30.3 Å². The molecule has 2 atom stereocenters. The van der Waals surface area contributed by atoms with Gasteiger partial charge in [0.1, 0.15) is 10.0 Å². The molecule has 2 unspecified atom stereocenters. The second-order valence-electron chi connectivity index (χ2n) is 6.51. The summed E-state index contributed by atoms with van der Waals surface area (Å²) in [5, 5.41) is 13.7. The molecule has 132 valence electrons. The second-order valence-corrected chi connectivity index (χ2v) is 7.51. The first-order valence-electron chi connectivity index (χ1n) is 8.25. The van der Waals surface area contributed by atoms with Gasteiger partial charge in [-0.2, -0.15) is 0 Å². The van der Waals surface area contributed by atoms with Crippen molar-refractivity contribution < 1.29 is 14.7 Å². The number of aliphatic carboxylic acids is 1. The van der Waals surface area contributed by atoms with E-state index in [4.69, 9.17) is 0 Å². The fraction of sp³-hybridized carbons (Fsp3) is 0.389. The maximum atomic E-state index is 12.6. The van der Waals surface area contributed by atoms with Crippen molar-refractivity contribution in [3.05, 3.63) is 36.0 Å². The lowest BCUT2D eigenvalue weighted by atomic mass is 9.91. The van der Waals surface area contributed by atoms with Crippen molar-refractivity contribution in [2.45, 2.75) is 20.3 Å². The average molecular weight is 359 g/mol. The van der Waals surface area contributed by atoms with Gasteiger partial charge < -0.3 is 10.0 Å². The Kier molecular flexibility index (Phi) is 5.03. The number of likely N-dealkylation sites (tertiary alicyclic amines) is 1. The van der Waals surface area contributed by atoms with Crippen LogP contribution in [-0.4, -0.2) is 40.1 Å². The Morgan fingerprint density at radius 3 is 2.68 bits per heavy atom. The van der Waals surface area contributed by atoms with E-state index in [1.54, 1.807) is 4.90 Å². The van der Waals surface area contributed by atoms with Crippen molar-refractivity contribution in [2.75, 3.05) is 18.4 Å². The molecule has 1 aromatic carbocycles. The molecule has 2 aromatic rings. The van der Waals surface area contributed by atoms with Gasteiger partial charge in [-0.05, 0) is 19.3 Å². The molecule has 2 amide bonds. The lowest BCUT2D eigenvalue weighted by Gasteiger charge is -2.34. The Morgan fingerprint density at radius 1 is 1.28 bits per heavy atom.